The van der Waals surface area contributed by atoms with Crippen LogP contribution in [0.4, 0.5) is 0 Å². The van der Waals surface area contributed by atoms with Gasteiger partial charge in [-0.3, -0.25) is 14.8 Å². The number of piperazine rings is 2. The molecule has 3 rings (SSSR count). The third-order valence-electron chi connectivity index (χ3n) is 5.00. The molecule has 1 aromatic rings. The van der Waals surface area contributed by atoms with Gasteiger partial charge >= 0.3 is 0 Å². The van der Waals surface area contributed by atoms with Gasteiger partial charge in [0.05, 0.1) is 0 Å². The summed E-state index contributed by atoms with van der Waals surface area (Å²) in [5, 5.41) is 3.46. The quantitative estimate of drug-likeness (QED) is 0.865. The van der Waals surface area contributed by atoms with Crippen molar-refractivity contribution in [3.05, 3.63) is 30.1 Å². The Hall–Kier alpha value is -1.01. The molecule has 0 radical (unpaired) electrons. The summed E-state index contributed by atoms with van der Waals surface area (Å²) < 4.78 is 0. The Kier molecular flexibility index (Phi) is 5.78. The van der Waals surface area contributed by atoms with Gasteiger partial charge in [0, 0.05) is 77.3 Å². The predicted octanol–water partition coefficient (Wildman–Crippen LogP) is 0.665. The van der Waals surface area contributed by atoms with Crippen molar-refractivity contribution in [2.45, 2.75) is 13.0 Å². The molecule has 2 saturated heterocycles. The number of pyridine rings is 1. The van der Waals surface area contributed by atoms with Crippen LogP contribution in [-0.2, 0) is 0 Å². The minimum atomic E-state index is 0.476. The van der Waals surface area contributed by atoms with E-state index < -0.39 is 0 Å². The van der Waals surface area contributed by atoms with Crippen LogP contribution in [-0.4, -0.2) is 85.1 Å². The lowest BCUT2D eigenvalue weighted by Crippen LogP contribution is -2.51. The van der Waals surface area contributed by atoms with Gasteiger partial charge in [0.1, 0.15) is 0 Å². The molecular formula is C17H29N5. The second kappa shape index (κ2) is 8.02. The van der Waals surface area contributed by atoms with E-state index in [0.717, 1.165) is 32.7 Å². The molecule has 2 fully saturated rings. The van der Waals surface area contributed by atoms with Crippen LogP contribution in [0.25, 0.3) is 0 Å². The number of hydrogen-bond donors (Lipinski definition) is 1. The van der Waals surface area contributed by atoms with Gasteiger partial charge in [0.25, 0.3) is 0 Å². The molecule has 1 N–H and O–H groups in total. The first-order valence-electron chi connectivity index (χ1n) is 8.66. The summed E-state index contributed by atoms with van der Waals surface area (Å²) in [6, 6.07) is 4.78. The molecule has 1 unspecified atom stereocenters. The molecule has 5 heteroatoms. The van der Waals surface area contributed by atoms with Crippen LogP contribution < -0.4 is 5.32 Å². The maximum atomic E-state index is 4.35. The molecular weight excluding hydrogens is 274 g/mol. The first-order chi connectivity index (χ1) is 10.9. The van der Waals surface area contributed by atoms with Gasteiger partial charge in [-0.1, -0.05) is 13.0 Å². The van der Waals surface area contributed by atoms with Gasteiger partial charge in [-0.15, -0.1) is 0 Å². The Morgan fingerprint density at radius 1 is 1.09 bits per heavy atom. The van der Waals surface area contributed by atoms with E-state index in [2.05, 4.69) is 50.3 Å². The van der Waals surface area contributed by atoms with Crippen LogP contribution in [0.15, 0.2) is 24.5 Å². The summed E-state index contributed by atoms with van der Waals surface area (Å²) >= 11 is 0. The predicted molar refractivity (Wildman–Crippen MR) is 90.0 cm³/mol. The van der Waals surface area contributed by atoms with Gasteiger partial charge in [0.2, 0.25) is 0 Å². The van der Waals surface area contributed by atoms with Crippen LogP contribution in [0.1, 0.15) is 18.5 Å². The highest BCUT2D eigenvalue weighted by Crippen LogP contribution is 2.22. The van der Waals surface area contributed by atoms with Crippen molar-refractivity contribution >= 4 is 0 Å². The fourth-order valence-electron chi connectivity index (χ4n) is 3.53. The highest BCUT2D eigenvalue weighted by atomic mass is 15.3. The molecule has 0 spiro atoms. The van der Waals surface area contributed by atoms with E-state index in [1.54, 1.807) is 0 Å². The third-order valence-corrected chi connectivity index (χ3v) is 5.00. The van der Waals surface area contributed by atoms with Crippen molar-refractivity contribution in [2.75, 3.05) is 65.4 Å². The number of rotatable bonds is 5. The lowest BCUT2D eigenvalue weighted by molar-refractivity contribution is 0.0855. The molecule has 122 valence electrons. The van der Waals surface area contributed by atoms with E-state index in [-0.39, 0.29) is 0 Å². The number of nitrogens with one attached hydrogen (secondary N) is 1. The molecule has 2 aliphatic heterocycles. The summed E-state index contributed by atoms with van der Waals surface area (Å²) in [6.45, 7) is 13.8. The number of nitrogens with zero attached hydrogens (tertiary/aromatic N) is 4. The minimum absolute atomic E-state index is 0.476. The smallest absolute Gasteiger partial charge is 0.0491 e. The summed E-state index contributed by atoms with van der Waals surface area (Å²) in [5.74, 6) is 0. The zero-order valence-corrected chi connectivity index (χ0v) is 13.7. The molecule has 22 heavy (non-hydrogen) atoms. The summed E-state index contributed by atoms with van der Waals surface area (Å²) in [7, 11) is 0. The number of likely N-dealkylation sites (N-methyl/N-ethyl adjacent to an activating group) is 1. The van der Waals surface area contributed by atoms with Crippen molar-refractivity contribution in [2.24, 2.45) is 0 Å². The normalized spacial score (nSPS) is 23.5. The Morgan fingerprint density at radius 3 is 2.45 bits per heavy atom. The zero-order valence-electron chi connectivity index (χ0n) is 13.7. The first kappa shape index (κ1) is 15.9. The summed E-state index contributed by atoms with van der Waals surface area (Å²) in [4.78, 5) is 12.1. The minimum Gasteiger partial charge on any atom is -0.314 e. The lowest BCUT2D eigenvalue weighted by Gasteiger charge is -2.40. The molecule has 0 saturated carbocycles. The average Bonchev–Trinajstić information content (AvgIpc) is 2.62. The molecule has 2 aliphatic rings. The third kappa shape index (κ3) is 4.04. The molecule has 0 aliphatic carbocycles. The Morgan fingerprint density at radius 2 is 1.82 bits per heavy atom. The van der Waals surface area contributed by atoms with E-state index >= 15 is 0 Å². The number of hydrogen-bond acceptors (Lipinski definition) is 5. The maximum Gasteiger partial charge on any atom is 0.0491 e. The molecule has 3 heterocycles. The SMILES string of the molecule is CCN1CCN(CC(c2cccnc2)N2CCNCC2)CC1. The molecule has 1 aromatic heterocycles. The highest BCUT2D eigenvalue weighted by molar-refractivity contribution is 5.15. The second-order valence-electron chi connectivity index (χ2n) is 6.32. The van der Waals surface area contributed by atoms with Gasteiger partial charge in [-0.2, -0.15) is 0 Å². The Bertz CT molecular complexity index is 424. The van der Waals surface area contributed by atoms with E-state index in [1.807, 2.05) is 6.20 Å². The first-order valence-corrected chi connectivity index (χ1v) is 8.66. The Labute approximate surface area is 134 Å². The lowest BCUT2D eigenvalue weighted by atomic mass is 10.1. The van der Waals surface area contributed by atoms with Crippen LogP contribution in [0, 0.1) is 0 Å². The largest absolute Gasteiger partial charge is 0.314 e. The average molecular weight is 303 g/mol. The van der Waals surface area contributed by atoms with E-state index in [4.69, 9.17) is 0 Å². The standard InChI is InChI=1S/C17H29N5/c1-2-20-10-12-21(13-11-20)15-17(16-4-3-5-19-14-16)22-8-6-18-7-9-22/h3-5,14,17-18H,2,6-13,15H2,1H3. The fraction of sp³-hybridized carbons (Fsp3) is 0.706. The van der Waals surface area contributed by atoms with Crippen molar-refractivity contribution in [3.8, 4) is 0 Å². The highest BCUT2D eigenvalue weighted by Gasteiger charge is 2.26. The van der Waals surface area contributed by atoms with Crippen LogP contribution >= 0.6 is 0 Å². The van der Waals surface area contributed by atoms with Gasteiger partial charge in [0.15, 0.2) is 0 Å². The zero-order chi connectivity index (χ0) is 15.2. The van der Waals surface area contributed by atoms with Crippen molar-refractivity contribution < 1.29 is 0 Å². The van der Waals surface area contributed by atoms with Crippen molar-refractivity contribution in [1.29, 1.82) is 0 Å². The fourth-order valence-corrected chi connectivity index (χ4v) is 3.53. The van der Waals surface area contributed by atoms with Gasteiger partial charge < -0.3 is 10.2 Å². The number of aromatic nitrogens is 1. The van der Waals surface area contributed by atoms with Gasteiger partial charge in [-0.05, 0) is 18.2 Å². The molecule has 1 atom stereocenters. The summed E-state index contributed by atoms with van der Waals surface area (Å²) in [6.07, 6.45) is 3.92. The summed E-state index contributed by atoms with van der Waals surface area (Å²) in [5.41, 5.74) is 1.36. The van der Waals surface area contributed by atoms with E-state index in [0.29, 0.717) is 6.04 Å². The molecule has 5 nitrogen and oxygen atoms in total. The monoisotopic (exact) mass is 303 g/mol. The van der Waals surface area contributed by atoms with E-state index in [9.17, 15) is 0 Å². The van der Waals surface area contributed by atoms with E-state index in [1.165, 1.54) is 38.3 Å². The van der Waals surface area contributed by atoms with Crippen LogP contribution in [0.3, 0.4) is 0 Å². The maximum absolute atomic E-state index is 4.35. The molecule has 0 bridgehead atoms. The molecule has 0 amide bonds. The molecule has 0 aromatic carbocycles. The Balaban J connectivity index is 1.66. The van der Waals surface area contributed by atoms with Crippen LogP contribution in [0.5, 0.6) is 0 Å². The van der Waals surface area contributed by atoms with Gasteiger partial charge in [-0.25, -0.2) is 0 Å². The van der Waals surface area contributed by atoms with Crippen LogP contribution in [0.2, 0.25) is 0 Å². The second-order valence-corrected chi connectivity index (χ2v) is 6.32. The van der Waals surface area contributed by atoms with Crippen molar-refractivity contribution in [1.82, 2.24) is 25.0 Å². The van der Waals surface area contributed by atoms with Crippen molar-refractivity contribution in [3.63, 3.8) is 0 Å². The topological polar surface area (TPSA) is 34.6 Å².